The Morgan fingerprint density at radius 2 is 1.77 bits per heavy atom. The first kappa shape index (κ1) is 23.6. The summed E-state index contributed by atoms with van der Waals surface area (Å²) in [6.45, 7) is -0.581. The van der Waals surface area contributed by atoms with Gasteiger partial charge in [0.25, 0.3) is 11.8 Å². The highest BCUT2D eigenvalue weighted by atomic mass is 32.1. The van der Waals surface area contributed by atoms with E-state index >= 15 is 0 Å². The molecule has 0 aliphatic rings. The fraction of sp³-hybridized carbons (Fsp3) is 0.0400. The van der Waals surface area contributed by atoms with Crippen LogP contribution in [-0.2, 0) is 14.3 Å². The van der Waals surface area contributed by atoms with Crippen LogP contribution < -0.4 is 10.9 Å². The van der Waals surface area contributed by atoms with Crippen LogP contribution in [0.3, 0.4) is 0 Å². The highest BCUT2D eigenvalue weighted by Gasteiger charge is 2.12. The highest BCUT2D eigenvalue weighted by molar-refractivity contribution is 7.12. The van der Waals surface area contributed by atoms with Crippen LogP contribution in [0.5, 0.6) is 0 Å². The van der Waals surface area contributed by atoms with Crippen molar-refractivity contribution in [3.63, 3.8) is 0 Å². The number of hydrazine groups is 1. The van der Waals surface area contributed by atoms with E-state index in [1.54, 1.807) is 40.5 Å². The van der Waals surface area contributed by atoms with Crippen LogP contribution in [0.1, 0.15) is 15.2 Å². The Balaban J connectivity index is 1.41. The van der Waals surface area contributed by atoms with Gasteiger partial charge in [-0.05, 0) is 53.9 Å². The Labute approximate surface area is 203 Å². The molecule has 0 saturated carbocycles. The second-order valence-corrected chi connectivity index (χ2v) is 8.09. The number of esters is 1. The quantitative estimate of drug-likeness (QED) is 0.233. The summed E-state index contributed by atoms with van der Waals surface area (Å²) in [5.74, 6) is -2.30. The summed E-state index contributed by atoms with van der Waals surface area (Å²) >= 11 is 1.22. The van der Waals surface area contributed by atoms with E-state index in [0.717, 1.165) is 11.8 Å². The van der Waals surface area contributed by atoms with E-state index in [0.29, 0.717) is 21.7 Å². The summed E-state index contributed by atoms with van der Waals surface area (Å²) in [6.07, 6.45) is 4.39. The Hall–Kier alpha value is -4.57. The molecule has 0 radical (unpaired) electrons. The molecule has 176 valence electrons. The SMILES string of the molecule is O=C(COC(=O)C=Cc1cn(-c2ccccc2)nc1-c1ccc(F)cc1)NNC(=O)c1cccs1. The van der Waals surface area contributed by atoms with Crippen LogP contribution in [0, 0.1) is 5.82 Å². The number of hydrogen-bond donors (Lipinski definition) is 2. The normalized spacial score (nSPS) is 10.8. The minimum absolute atomic E-state index is 0.373. The lowest BCUT2D eigenvalue weighted by Gasteiger charge is -2.06. The summed E-state index contributed by atoms with van der Waals surface area (Å²) in [5.41, 5.74) is 7.01. The molecule has 0 bridgehead atoms. The molecule has 0 spiro atoms. The second-order valence-electron chi connectivity index (χ2n) is 7.14. The molecule has 2 heterocycles. The van der Waals surface area contributed by atoms with Crippen molar-refractivity contribution in [3.05, 3.63) is 101 Å². The van der Waals surface area contributed by atoms with Gasteiger partial charge in [0.15, 0.2) is 6.61 Å². The van der Waals surface area contributed by atoms with E-state index in [4.69, 9.17) is 4.74 Å². The fourth-order valence-corrected chi connectivity index (χ4v) is 3.65. The Bertz CT molecular complexity index is 1350. The maximum atomic E-state index is 13.4. The van der Waals surface area contributed by atoms with Gasteiger partial charge in [-0.2, -0.15) is 5.10 Å². The van der Waals surface area contributed by atoms with Gasteiger partial charge in [-0.1, -0.05) is 24.3 Å². The monoisotopic (exact) mass is 490 g/mol. The highest BCUT2D eigenvalue weighted by Crippen LogP contribution is 2.25. The van der Waals surface area contributed by atoms with Crippen molar-refractivity contribution in [2.45, 2.75) is 0 Å². The molecule has 0 saturated heterocycles. The lowest BCUT2D eigenvalue weighted by molar-refractivity contribution is -0.144. The third-order valence-electron chi connectivity index (χ3n) is 4.69. The summed E-state index contributed by atoms with van der Waals surface area (Å²) in [5, 5.41) is 6.31. The van der Waals surface area contributed by atoms with Crippen molar-refractivity contribution in [2.24, 2.45) is 0 Å². The largest absolute Gasteiger partial charge is 0.452 e. The summed E-state index contributed by atoms with van der Waals surface area (Å²) in [7, 11) is 0. The number of thiophene rings is 1. The summed E-state index contributed by atoms with van der Waals surface area (Å²) < 4.78 is 20.0. The van der Waals surface area contributed by atoms with Crippen molar-refractivity contribution in [1.29, 1.82) is 0 Å². The minimum atomic E-state index is -0.762. The first-order chi connectivity index (χ1) is 17.0. The van der Waals surface area contributed by atoms with E-state index < -0.39 is 24.4 Å². The number of hydrogen-bond acceptors (Lipinski definition) is 6. The van der Waals surface area contributed by atoms with Crippen molar-refractivity contribution < 1.29 is 23.5 Å². The molecule has 4 aromatic rings. The molecule has 35 heavy (non-hydrogen) atoms. The molecule has 0 unspecified atom stereocenters. The molecule has 2 aromatic heterocycles. The number of rotatable bonds is 7. The molecular weight excluding hydrogens is 471 g/mol. The number of nitrogens with one attached hydrogen (secondary N) is 2. The van der Waals surface area contributed by atoms with Gasteiger partial charge in [0.2, 0.25) is 0 Å². The van der Waals surface area contributed by atoms with Crippen molar-refractivity contribution in [3.8, 4) is 16.9 Å². The molecule has 4 rings (SSSR count). The zero-order valence-electron chi connectivity index (χ0n) is 18.2. The molecule has 0 atom stereocenters. The van der Waals surface area contributed by atoms with Crippen molar-refractivity contribution in [2.75, 3.05) is 6.61 Å². The number of amides is 2. The maximum absolute atomic E-state index is 13.4. The van der Waals surface area contributed by atoms with E-state index in [9.17, 15) is 18.8 Å². The first-order valence-corrected chi connectivity index (χ1v) is 11.3. The summed E-state index contributed by atoms with van der Waals surface area (Å²) in [6, 6.07) is 18.5. The van der Waals surface area contributed by atoms with E-state index in [1.165, 1.54) is 29.5 Å². The average molecular weight is 491 g/mol. The molecule has 0 aliphatic heterocycles. The third kappa shape index (κ3) is 6.27. The fourth-order valence-electron chi connectivity index (χ4n) is 3.03. The molecule has 10 heteroatoms. The van der Waals surface area contributed by atoms with Crippen LogP contribution in [-0.4, -0.2) is 34.2 Å². The molecular formula is C25H19FN4O4S. The number of benzene rings is 2. The van der Waals surface area contributed by atoms with Gasteiger partial charge in [0, 0.05) is 23.4 Å². The van der Waals surface area contributed by atoms with Crippen LogP contribution in [0.25, 0.3) is 23.0 Å². The number of carbonyl (C=O) groups is 3. The zero-order valence-corrected chi connectivity index (χ0v) is 19.0. The van der Waals surface area contributed by atoms with Gasteiger partial charge < -0.3 is 4.74 Å². The average Bonchev–Trinajstić information content (AvgIpc) is 3.56. The Kier molecular flexibility index (Phi) is 7.44. The molecule has 2 amide bonds. The molecule has 8 nitrogen and oxygen atoms in total. The van der Waals surface area contributed by atoms with Crippen molar-refractivity contribution in [1.82, 2.24) is 20.6 Å². The number of halogens is 1. The number of para-hydroxylation sites is 1. The van der Waals surface area contributed by atoms with Crippen LogP contribution in [0.2, 0.25) is 0 Å². The van der Waals surface area contributed by atoms with Gasteiger partial charge in [0.1, 0.15) is 5.82 Å². The molecule has 0 aliphatic carbocycles. The molecule has 0 fully saturated rings. The van der Waals surface area contributed by atoms with E-state index in [2.05, 4.69) is 16.0 Å². The third-order valence-corrected chi connectivity index (χ3v) is 5.55. The smallest absolute Gasteiger partial charge is 0.331 e. The number of carbonyl (C=O) groups excluding carboxylic acids is 3. The van der Waals surface area contributed by atoms with Gasteiger partial charge in [0.05, 0.1) is 16.3 Å². The van der Waals surface area contributed by atoms with Crippen LogP contribution in [0.15, 0.2) is 84.4 Å². The van der Waals surface area contributed by atoms with Crippen molar-refractivity contribution >= 4 is 35.2 Å². The first-order valence-electron chi connectivity index (χ1n) is 10.4. The Morgan fingerprint density at radius 1 is 1.00 bits per heavy atom. The predicted octanol–water partition coefficient (Wildman–Crippen LogP) is 3.76. The van der Waals surface area contributed by atoms with Gasteiger partial charge in [-0.25, -0.2) is 13.9 Å². The van der Waals surface area contributed by atoms with Gasteiger partial charge in [-0.15, -0.1) is 11.3 Å². The van der Waals surface area contributed by atoms with E-state index in [1.807, 2.05) is 30.3 Å². The number of aromatic nitrogens is 2. The maximum Gasteiger partial charge on any atom is 0.331 e. The van der Waals surface area contributed by atoms with Gasteiger partial charge in [-0.3, -0.25) is 20.4 Å². The van der Waals surface area contributed by atoms with Crippen LogP contribution >= 0.6 is 11.3 Å². The zero-order chi connectivity index (χ0) is 24.6. The minimum Gasteiger partial charge on any atom is -0.452 e. The lowest BCUT2D eigenvalue weighted by Crippen LogP contribution is -2.43. The van der Waals surface area contributed by atoms with E-state index in [-0.39, 0.29) is 5.82 Å². The molecule has 2 N–H and O–H groups in total. The Morgan fingerprint density at radius 3 is 2.49 bits per heavy atom. The van der Waals surface area contributed by atoms with Gasteiger partial charge >= 0.3 is 5.97 Å². The number of nitrogens with zero attached hydrogens (tertiary/aromatic N) is 2. The number of ether oxygens (including phenoxy) is 1. The standard InChI is InChI=1S/C25H19FN4O4S/c26-19-11-8-17(9-12-19)24-18(15-30(29-24)20-5-2-1-3-6-20)10-13-23(32)34-16-22(31)27-28-25(33)21-7-4-14-35-21/h1-15H,16H2,(H,27,31)(H,28,33). The second kappa shape index (κ2) is 11.0. The predicted molar refractivity (Wildman–Crippen MR) is 129 cm³/mol. The lowest BCUT2D eigenvalue weighted by atomic mass is 10.1. The van der Waals surface area contributed by atoms with Crippen LogP contribution in [0.4, 0.5) is 4.39 Å². The molecule has 2 aromatic carbocycles. The topological polar surface area (TPSA) is 102 Å². The summed E-state index contributed by atoms with van der Waals surface area (Å²) in [4.78, 5) is 36.3.